The molecular weight excluding hydrogens is 94.1 g/mol. The van der Waals surface area contributed by atoms with Gasteiger partial charge in [-0.3, -0.25) is 0 Å². The van der Waals surface area contributed by atoms with Crippen molar-refractivity contribution in [3.63, 3.8) is 0 Å². The second-order valence-corrected chi connectivity index (χ2v) is 1.10. The Bertz CT molecular complexity index is 142. The van der Waals surface area contributed by atoms with E-state index >= 15 is 0 Å². The van der Waals surface area contributed by atoms with Crippen molar-refractivity contribution < 1.29 is 4.42 Å². The molecule has 0 radical (unpaired) electrons. The molecule has 0 aliphatic heterocycles. The summed E-state index contributed by atoms with van der Waals surface area (Å²) in [6.45, 7) is 0. The number of aromatic nitrogens is 1. The standard InChI is InChI=1S/C3H5N3O/c4-2-1-6-3(5)7-2/h1H,4H2,(H2,5,6). The Morgan fingerprint density at radius 3 is 2.43 bits per heavy atom. The average Bonchev–Trinajstić information content (AvgIpc) is 1.87. The lowest BCUT2D eigenvalue weighted by Crippen LogP contribution is -1.80. The Labute approximate surface area is 40.1 Å². The van der Waals surface area contributed by atoms with Crippen molar-refractivity contribution in [2.24, 2.45) is 0 Å². The average molecular weight is 99.1 g/mol. The summed E-state index contributed by atoms with van der Waals surface area (Å²) in [6, 6.07) is 0.109. The third kappa shape index (κ3) is 0.623. The van der Waals surface area contributed by atoms with E-state index in [1.807, 2.05) is 0 Å². The zero-order chi connectivity index (χ0) is 5.28. The molecule has 0 aliphatic rings. The highest BCUT2D eigenvalue weighted by molar-refractivity contribution is 5.25. The van der Waals surface area contributed by atoms with E-state index in [4.69, 9.17) is 11.5 Å². The van der Waals surface area contributed by atoms with Crippen molar-refractivity contribution in [1.82, 2.24) is 4.98 Å². The smallest absolute Gasteiger partial charge is 0.293 e. The van der Waals surface area contributed by atoms with Crippen molar-refractivity contribution in [2.45, 2.75) is 0 Å². The molecule has 0 atom stereocenters. The summed E-state index contributed by atoms with van der Waals surface area (Å²) < 4.78 is 4.53. The highest BCUT2D eigenvalue weighted by Gasteiger charge is 1.88. The van der Waals surface area contributed by atoms with E-state index in [-0.39, 0.29) is 11.9 Å². The Hall–Kier alpha value is -1.19. The first-order valence-corrected chi connectivity index (χ1v) is 1.76. The molecule has 7 heavy (non-hydrogen) atoms. The molecule has 0 saturated heterocycles. The molecule has 0 amide bonds. The lowest BCUT2D eigenvalue weighted by molar-refractivity contribution is 0.600. The van der Waals surface area contributed by atoms with Crippen LogP contribution in [-0.4, -0.2) is 4.98 Å². The fourth-order valence-corrected chi connectivity index (χ4v) is 0.301. The van der Waals surface area contributed by atoms with Crippen LogP contribution in [0, 0.1) is 0 Å². The van der Waals surface area contributed by atoms with Crippen LogP contribution in [0.2, 0.25) is 0 Å². The lowest BCUT2D eigenvalue weighted by Gasteiger charge is -1.74. The quantitative estimate of drug-likeness (QED) is 0.473. The topological polar surface area (TPSA) is 78.1 Å². The van der Waals surface area contributed by atoms with Gasteiger partial charge in [0, 0.05) is 0 Å². The SMILES string of the molecule is Nc1cnc(N)o1. The number of hydrogen-bond acceptors (Lipinski definition) is 4. The van der Waals surface area contributed by atoms with E-state index < -0.39 is 0 Å². The van der Waals surface area contributed by atoms with E-state index in [2.05, 4.69) is 9.40 Å². The summed E-state index contributed by atoms with van der Waals surface area (Å²) in [4.78, 5) is 3.50. The molecule has 0 saturated carbocycles. The summed E-state index contributed by atoms with van der Waals surface area (Å²) >= 11 is 0. The van der Waals surface area contributed by atoms with Gasteiger partial charge in [0.2, 0.25) is 5.88 Å². The van der Waals surface area contributed by atoms with Gasteiger partial charge in [-0.15, -0.1) is 0 Å². The Morgan fingerprint density at radius 2 is 2.29 bits per heavy atom. The molecule has 1 heterocycles. The third-order valence-electron chi connectivity index (χ3n) is 0.541. The van der Waals surface area contributed by atoms with Crippen LogP contribution in [0.25, 0.3) is 0 Å². The number of nitrogens with two attached hydrogens (primary N) is 2. The molecule has 0 unspecified atom stereocenters. The number of oxazole rings is 1. The van der Waals surface area contributed by atoms with E-state index in [9.17, 15) is 0 Å². The summed E-state index contributed by atoms with van der Waals surface area (Å²) in [7, 11) is 0. The maximum atomic E-state index is 5.07. The predicted molar refractivity (Wildman–Crippen MR) is 25.3 cm³/mol. The fraction of sp³-hybridized carbons (Fsp3) is 0. The van der Waals surface area contributed by atoms with Gasteiger partial charge in [-0.05, 0) is 0 Å². The zero-order valence-corrected chi connectivity index (χ0v) is 3.59. The van der Waals surface area contributed by atoms with Gasteiger partial charge < -0.3 is 15.9 Å². The monoisotopic (exact) mass is 99.0 g/mol. The molecule has 1 rings (SSSR count). The van der Waals surface area contributed by atoms with Gasteiger partial charge in [0.05, 0.1) is 6.20 Å². The minimum absolute atomic E-state index is 0.109. The largest absolute Gasteiger partial charge is 0.408 e. The molecule has 4 nitrogen and oxygen atoms in total. The Kier molecular flexibility index (Phi) is 0.651. The molecule has 4 N–H and O–H groups in total. The number of nitrogen functional groups attached to an aromatic ring is 2. The summed E-state index contributed by atoms with van der Waals surface area (Å²) in [5, 5.41) is 0. The number of rotatable bonds is 0. The summed E-state index contributed by atoms with van der Waals surface area (Å²) in [6.07, 6.45) is 1.36. The maximum absolute atomic E-state index is 5.07. The van der Waals surface area contributed by atoms with Crippen LogP contribution in [0.15, 0.2) is 10.6 Å². The van der Waals surface area contributed by atoms with Crippen molar-refractivity contribution in [1.29, 1.82) is 0 Å². The van der Waals surface area contributed by atoms with E-state index in [0.29, 0.717) is 0 Å². The van der Waals surface area contributed by atoms with Crippen molar-refractivity contribution in [2.75, 3.05) is 11.5 Å². The normalized spacial score (nSPS) is 9.14. The molecule has 38 valence electrons. The van der Waals surface area contributed by atoms with Crippen molar-refractivity contribution >= 4 is 11.9 Å². The molecule has 1 aromatic rings. The van der Waals surface area contributed by atoms with E-state index in [1.54, 1.807) is 0 Å². The molecule has 0 spiro atoms. The molecule has 0 aromatic carbocycles. The molecule has 0 fully saturated rings. The van der Waals surface area contributed by atoms with Crippen LogP contribution in [0.1, 0.15) is 0 Å². The van der Waals surface area contributed by atoms with Gasteiger partial charge in [0.1, 0.15) is 0 Å². The fourth-order valence-electron chi connectivity index (χ4n) is 0.301. The molecule has 1 aromatic heterocycles. The van der Waals surface area contributed by atoms with Crippen LogP contribution < -0.4 is 11.5 Å². The van der Waals surface area contributed by atoms with Gasteiger partial charge >= 0.3 is 0 Å². The second kappa shape index (κ2) is 1.14. The van der Waals surface area contributed by atoms with Crippen LogP contribution in [-0.2, 0) is 0 Å². The minimum Gasteiger partial charge on any atom is -0.408 e. The van der Waals surface area contributed by atoms with Gasteiger partial charge in [0.15, 0.2) is 0 Å². The van der Waals surface area contributed by atoms with Gasteiger partial charge in [-0.2, -0.15) is 0 Å². The Morgan fingerprint density at radius 1 is 1.57 bits per heavy atom. The van der Waals surface area contributed by atoms with Crippen LogP contribution in [0.4, 0.5) is 11.9 Å². The third-order valence-corrected chi connectivity index (χ3v) is 0.541. The van der Waals surface area contributed by atoms with Crippen molar-refractivity contribution in [3.05, 3.63) is 6.20 Å². The first-order valence-electron chi connectivity index (χ1n) is 1.76. The van der Waals surface area contributed by atoms with Crippen molar-refractivity contribution in [3.8, 4) is 0 Å². The molecule has 0 aliphatic carbocycles. The van der Waals surface area contributed by atoms with Gasteiger partial charge in [0.25, 0.3) is 6.01 Å². The molecular formula is C3H5N3O. The number of nitrogens with zero attached hydrogens (tertiary/aromatic N) is 1. The zero-order valence-electron chi connectivity index (χ0n) is 3.59. The second-order valence-electron chi connectivity index (χ2n) is 1.10. The van der Waals surface area contributed by atoms with Crippen LogP contribution >= 0.6 is 0 Å². The number of hydrogen-bond donors (Lipinski definition) is 2. The van der Waals surface area contributed by atoms with Gasteiger partial charge in [-0.25, -0.2) is 4.98 Å². The first kappa shape index (κ1) is 3.98. The maximum Gasteiger partial charge on any atom is 0.293 e. The van der Waals surface area contributed by atoms with Crippen LogP contribution in [0.5, 0.6) is 0 Å². The van der Waals surface area contributed by atoms with Gasteiger partial charge in [-0.1, -0.05) is 0 Å². The summed E-state index contributed by atoms with van der Waals surface area (Å²) in [5.41, 5.74) is 10.1. The molecule has 4 heteroatoms. The van der Waals surface area contributed by atoms with E-state index in [1.165, 1.54) is 6.20 Å². The lowest BCUT2D eigenvalue weighted by atomic mass is 10.9. The summed E-state index contributed by atoms with van der Waals surface area (Å²) in [5.74, 6) is 0.248. The minimum atomic E-state index is 0.109. The predicted octanol–water partition coefficient (Wildman–Crippen LogP) is -0.161. The highest BCUT2D eigenvalue weighted by Crippen LogP contribution is 2.03. The number of anilines is 2. The first-order chi connectivity index (χ1) is 3.29. The van der Waals surface area contributed by atoms with E-state index in [0.717, 1.165) is 0 Å². The van der Waals surface area contributed by atoms with Crippen LogP contribution in [0.3, 0.4) is 0 Å². The Balaban J connectivity index is 3.04. The highest BCUT2D eigenvalue weighted by atomic mass is 16.4. The molecule has 0 bridgehead atoms.